The van der Waals surface area contributed by atoms with Crippen molar-refractivity contribution in [3.05, 3.63) is 35.9 Å². The lowest BCUT2D eigenvalue weighted by atomic mass is 10.0. The number of ether oxygens (including phenoxy) is 1. The molecule has 4 nitrogen and oxygen atoms in total. The number of nitrogens with zero attached hydrogens (tertiary/aromatic N) is 1. The molecule has 0 saturated carbocycles. The molecule has 0 bridgehead atoms. The molecule has 1 aliphatic heterocycles. The van der Waals surface area contributed by atoms with Gasteiger partial charge in [-0.2, -0.15) is 0 Å². The van der Waals surface area contributed by atoms with E-state index in [1.54, 1.807) is 24.3 Å². The number of benzene rings is 1. The zero-order valence-electron chi connectivity index (χ0n) is 10.5. The molecule has 1 saturated heterocycles. The second kappa shape index (κ2) is 5.92. The number of terminal acetylenes is 1. The van der Waals surface area contributed by atoms with Gasteiger partial charge in [0, 0.05) is 6.42 Å². The van der Waals surface area contributed by atoms with Gasteiger partial charge in [0.05, 0.1) is 5.38 Å². The molecule has 2 rings (SSSR count). The Labute approximate surface area is 127 Å². The maximum atomic E-state index is 11.6. The molecule has 1 heterocycles. The molecule has 1 amide bonds. The Balaban J connectivity index is 2.38. The number of alkyl halides is 2. The summed E-state index contributed by atoms with van der Waals surface area (Å²) in [5.41, 5.74) is 0.654. The van der Waals surface area contributed by atoms with Gasteiger partial charge in [-0.25, -0.2) is 4.79 Å². The second-order valence-electron chi connectivity index (χ2n) is 4.40. The van der Waals surface area contributed by atoms with Crippen LogP contribution < -0.4 is 0 Å². The molecule has 0 aromatic heterocycles. The SMILES string of the molecule is C#CCOC1C(Cl)CC(Cl)(c2ccccc2)N1C(=O)O. The minimum Gasteiger partial charge on any atom is -0.465 e. The van der Waals surface area contributed by atoms with Crippen LogP contribution in [-0.4, -0.2) is 34.3 Å². The maximum absolute atomic E-state index is 11.6. The molecule has 1 N–H and O–H groups in total. The summed E-state index contributed by atoms with van der Waals surface area (Å²) >= 11 is 12.8. The number of halogens is 2. The molecule has 3 unspecified atom stereocenters. The lowest BCUT2D eigenvalue weighted by Gasteiger charge is -2.33. The summed E-state index contributed by atoms with van der Waals surface area (Å²) in [5.74, 6) is 2.30. The highest BCUT2D eigenvalue weighted by molar-refractivity contribution is 6.27. The molecule has 3 atom stereocenters. The first kappa shape index (κ1) is 15.0. The lowest BCUT2D eigenvalue weighted by Crippen LogP contribution is -2.47. The number of carbonyl (C=O) groups is 1. The van der Waals surface area contributed by atoms with E-state index >= 15 is 0 Å². The van der Waals surface area contributed by atoms with Crippen LogP contribution in [0.4, 0.5) is 4.79 Å². The molecule has 0 aliphatic carbocycles. The smallest absolute Gasteiger partial charge is 0.411 e. The van der Waals surface area contributed by atoms with Gasteiger partial charge in [-0.3, -0.25) is 4.90 Å². The van der Waals surface area contributed by atoms with Gasteiger partial charge in [0.15, 0.2) is 6.23 Å². The predicted molar refractivity (Wildman–Crippen MR) is 76.7 cm³/mol. The summed E-state index contributed by atoms with van der Waals surface area (Å²) in [7, 11) is 0. The zero-order valence-corrected chi connectivity index (χ0v) is 12.0. The summed E-state index contributed by atoms with van der Waals surface area (Å²) in [6.07, 6.45) is 3.30. The third kappa shape index (κ3) is 2.57. The fourth-order valence-corrected chi connectivity index (χ4v) is 3.29. The molecule has 1 aliphatic rings. The van der Waals surface area contributed by atoms with Crippen LogP contribution in [0.3, 0.4) is 0 Å². The Morgan fingerprint density at radius 1 is 1.55 bits per heavy atom. The van der Waals surface area contributed by atoms with Crippen LogP contribution in [0.15, 0.2) is 30.3 Å². The van der Waals surface area contributed by atoms with E-state index < -0.39 is 22.7 Å². The van der Waals surface area contributed by atoms with Gasteiger partial charge in [0.2, 0.25) is 0 Å². The van der Waals surface area contributed by atoms with Gasteiger partial charge < -0.3 is 9.84 Å². The van der Waals surface area contributed by atoms with E-state index in [-0.39, 0.29) is 13.0 Å². The van der Waals surface area contributed by atoms with Gasteiger partial charge in [-0.05, 0) is 5.56 Å². The van der Waals surface area contributed by atoms with E-state index in [0.29, 0.717) is 5.56 Å². The first-order valence-corrected chi connectivity index (χ1v) is 6.78. The molecular formula is C14H13Cl2NO3. The standard InChI is InChI=1S/C14H13Cl2NO3/c1-2-8-20-12-11(15)9-14(16,17(12)13(18)19)10-6-4-3-5-7-10/h1,3-7,11-12H,8-9H2,(H,18,19). The van der Waals surface area contributed by atoms with Gasteiger partial charge in [0.1, 0.15) is 11.6 Å². The summed E-state index contributed by atoms with van der Waals surface area (Å²) in [6, 6.07) is 8.93. The number of hydrogen-bond donors (Lipinski definition) is 1. The van der Waals surface area contributed by atoms with Gasteiger partial charge in [0.25, 0.3) is 0 Å². The highest BCUT2D eigenvalue weighted by Crippen LogP contribution is 2.47. The zero-order chi connectivity index (χ0) is 14.8. The topological polar surface area (TPSA) is 49.8 Å². The monoisotopic (exact) mass is 313 g/mol. The Morgan fingerprint density at radius 3 is 2.75 bits per heavy atom. The lowest BCUT2D eigenvalue weighted by molar-refractivity contribution is -0.0285. The van der Waals surface area contributed by atoms with Crippen molar-refractivity contribution in [2.75, 3.05) is 6.61 Å². The Morgan fingerprint density at radius 2 is 2.20 bits per heavy atom. The number of amides is 1. The fourth-order valence-electron chi connectivity index (χ4n) is 2.34. The first-order valence-electron chi connectivity index (χ1n) is 5.96. The summed E-state index contributed by atoms with van der Waals surface area (Å²) in [6.45, 7) is -0.0283. The van der Waals surface area contributed by atoms with Gasteiger partial charge in [-0.1, -0.05) is 47.9 Å². The number of rotatable bonds is 3. The average Bonchev–Trinajstić information content (AvgIpc) is 2.69. The van der Waals surface area contributed by atoms with Crippen molar-refractivity contribution in [3.63, 3.8) is 0 Å². The van der Waals surface area contributed by atoms with Crippen LogP contribution in [0, 0.1) is 12.3 Å². The van der Waals surface area contributed by atoms with E-state index in [2.05, 4.69) is 5.92 Å². The van der Waals surface area contributed by atoms with Gasteiger partial charge in [-0.15, -0.1) is 18.0 Å². The predicted octanol–water partition coefficient (Wildman–Crippen LogP) is 3.05. The number of hydrogen-bond acceptors (Lipinski definition) is 2. The molecule has 20 heavy (non-hydrogen) atoms. The highest BCUT2D eigenvalue weighted by Gasteiger charge is 2.54. The molecule has 1 aromatic carbocycles. The molecular weight excluding hydrogens is 301 g/mol. The van der Waals surface area contributed by atoms with Crippen molar-refractivity contribution in [3.8, 4) is 12.3 Å². The fraction of sp³-hybridized carbons (Fsp3) is 0.357. The molecule has 0 radical (unpaired) electrons. The van der Waals surface area contributed by atoms with Crippen LogP contribution in [-0.2, 0) is 9.73 Å². The van der Waals surface area contributed by atoms with Crippen molar-refractivity contribution in [1.82, 2.24) is 4.90 Å². The van der Waals surface area contributed by atoms with Crippen LogP contribution in [0.2, 0.25) is 0 Å². The van der Waals surface area contributed by atoms with Crippen molar-refractivity contribution >= 4 is 29.3 Å². The van der Waals surface area contributed by atoms with Crippen molar-refractivity contribution in [2.45, 2.75) is 23.0 Å². The van der Waals surface area contributed by atoms with Gasteiger partial charge >= 0.3 is 6.09 Å². The van der Waals surface area contributed by atoms with E-state index in [0.717, 1.165) is 4.90 Å². The normalized spacial score (nSPS) is 29.1. The minimum atomic E-state index is -1.25. The molecule has 106 valence electrons. The molecule has 1 fully saturated rings. The van der Waals surface area contributed by atoms with E-state index in [4.69, 9.17) is 34.4 Å². The third-order valence-electron chi connectivity index (χ3n) is 3.17. The largest absolute Gasteiger partial charge is 0.465 e. The first-order chi connectivity index (χ1) is 9.50. The van der Waals surface area contributed by atoms with Crippen LogP contribution in [0.1, 0.15) is 12.0 Å². The van der Waals surface area contributed by atoms with Crippen LogP contribution in [0.25, 0.3) is 0 Å². The highest BCUT2D eigenvalue weighted by atomic mass is 35.5. The minimum absolute atomic E-state index is 0.0283. The Kier molecular flexibility index (Phi) is 4.44. The van der Waals surface area contributed by atoms with Crippen molar-refractivity contribution in [2.24, 2.45) is 0 Å². The van der Waals surface area contributed by atoms with E-state index in [1.165, 1.54) is 0 Å². The van der Waals surface area contributed by atoms with E-state index in [9.17, 15) is 9.90 Å². The summed E-state index contributed by atoms with van der Waals surface area (Å²) in [4.78, 5) is 11.3. The summed E-state index contributed by atoms with van der Waals surface area (Å²) < 4.78 is 5.35. The molecule has 0 spiro atoms. The Bertz CT molecular complexity index is 531. The van der Waals surface area contributed by atoms with Crippen molar-refractivity contribution < 1.29 is 14.6 Å². The molecule has 1 aromatic rings. The third-order valence-corrected chi connectivity index (χ3v) is 4.10. The Hall–Kier alpha value is -1.41. The second-order valence-corrected chi connectivity index (χ2v) is 5.59. The van der Waals surface area contributed by atoms with Crippen LogP contribution >= 0.6 is 23.2 Å². The van der Waals surface area contributed by atoms with E-state index in [1.807, 2.05) is 6.07 Å². The quantitative estimate of drug-likeness (QED) is 0.530. The van der Waals surface area contributed by atoms with Crippen molar-refractivity contribution in [1.29, 1.82) is 0 Å². The summed E-state index contributed by atoms with van der Waals surface area (Å²) in [5, 5.41) is 8.88. The average molecular weight is 314 g/mol. The maximum Gasteiger partial charge on any atom is 0.411 e. The van der Waals surface area contributed by atoms with Crippen LogP contribution in [0.5, 0.6) is 0 Å². The molecule has 6 heteroatoms. The number of likely N-dealkylation sites (tertiary alicyclic amines) is 1. The number of carboxylic acid groups (broad SMARTS) is 1.